The van der Waals surface area contributed by atoms with Gasteiger partial charge in [0.2, 0.25) is 0 Å². The quantitative estimate of drug-likeness (QED) is 0.639. The molecule has 5 fully saturated rings. The molecule has 4 heteroatoms. The smallest absolute Gasteiger partial charge is 0.157 e. The Labute approximate surface area is 186 Å². The molecule has 4 nitrogen and oxygen atoms in total. The molecule has 6 rings (SSSR count). The van der Waals surface area contributed by atoms with Gasteiger partial charge < -0.3 is 0 Å². The third-order valence-corrected chi connectivity index (χ3v) is 11.7. The minimum absolute atomic E-state index is 0.167. The van der Waals surface area contributed by atoms with Crippen LogP contribution in [0, 0.1) is 63.1 Å². The van der Waals surface area contributed by atoms with Crippen molar-refractivity contribution in [2.24, 2.45) is 51.8 Å². The van der Waals surface area contributed by atoms with Gasteiger partial charge in [-0.25, -0.2) is 0 Å². The van der Waals surface area contributed by atoms with Crippen molar-refractivity contribution in [1.29, 1.82) is 5.26 Å². The first-order valence-electron chi connectivity index (χ1n) is 12.8. The number of nitriles is 1. The number of aromatic nitrogens is 2. The van der Waals surface area contributed by atoms with E-state index in [0.717, 1.165) is 36.0 Å². The molecule has 0 amide bonds. The standard InChI is InChI=1S/C27H37N3O/c1-17-6-11-27-18(2)26(27,12-17)10-7-20-21-4-5-23(25(21,3)9-8-22(20)27)24(31)16-30-15-19(13-28)14-29-30/h14-15,17-18,20-23H,4-12,16H2,1-3H3/t17-,18+,20-,21?,22?,23+,25-,26+,27-/m0/s1. The summed E-state index contributed by atoms with van der Waals surface area (Å²) < 4.78 is 1.67. The number of nitrogens with zero attached hydrogens (tertiary/aromatic N) is 3. The number of carbonyl (C=O) groups is 1. The molecule has 166 valence electrons. The molecule has 5 aliphatic carbocycles. The maximum absolute atomic E-state index is 13.4. The summed E-state index contributed by atoms with van der Waals surface area (Å²) in [5.41, 5.74) is 2.02. The summed E-state index contributed by atoms with van der Waals surface area (Å²) in [5.74, 6) is 4.84. The molecule has 5 aliphatic rings. The van der Waals surface area contributed by atoms with Gasteiger partial charge in [-0.2, -0.15) is 10.4 Å². The number of Topliss-reactive ketones (excluding diaryl/α,β-unsaturated/α-hetero) is 1. The van der Waals surface area contributed by atoms with E-state index in [1.807, 2.05) is 0 Å². The van der Waals surface area contributed by atoms with E-state index in [-0.39, 0.29) is 11.3 Å². The Morgan fingerprint density at radius 3 is 2.77 bits per heavy atom. The minimum atomic E-state index is 0.167. The van der Waals surface area contributed by atoms with Gasteiger partial charge in [0.15, 0.2) is 5.78 Å². The van der Waals surface area contributed by atoms with Crippen LogP contribution in [-0.4, -0.2) is 15.6 Å². The number of hydrogen-bond donors (Lipinski definition) is 0. The number of rotatable bonds is 3. The lowest BCUT2D eigenvalue weighted by Gasteiger charge is -2.56. The fourth-order valence-electron chi connectivity index (χ4n) is 10.5. The molecule has 2 unspecified atom stereocenters. The lowest BCUT2D eigenvalue weighted by Crippen LogP contribution is -2.49. The molecular weight excluding hydrogens is 382 g/mol. The molecule has 0 aliphatic heterocycles. The average molecular weight is 420 g/mol. The molecule has 0 aromatic carbocycles. The molecule has 1 aromatic rings. The van der Waals surface area contributed by atoms with Crippen LogP contribution < -0.4 is 0 Å². The number of hydrogen-bond acceptors (Lipinski definition) is 3. The molecule has 31 heavy (non-hydrogen) atoms. The zero-order chi connectivity index (χ0) is 21.6. The molecule has 1 heterocycles. The summed E-state index contributed by atoms with van der Waals surface area (Å²) in [6.45, 7) is 7.85. The summed E-state index contributed by atoms with van der Waals surface area (Å²) in [5, 5.41) is 13.3. The van der Waals surface area contributed by atoms with Crippen molar-refractivity contribution in [2.75, 3.05) is 0 Å². The lowest BCUT2D eigenvalue weighted by molar-refractivity contribution is -0.131. The largest absolute Gasteiger partial charge is 0.297 e. The van der Waals surface area contributed by atoms with Crippen LogP contribution in [0.3, 0.4) is 0 Å². The Kier molecular flexibility index (Phi) is 4.17. The molecule has 0 saturated heterocycles. The van der Waals surface area contributed by atoms with Crippen LogP contribution in [0.5, 0.6) is 0 Å². The molecule has 1 aromatic heterocycles. The van der Waals surface area contributed by atoms with Crippen molar-refractivity contribution >= 4 is 5.78 Å². The Morgan fingerprint density at radius 1 is 1.16 bits per heavy atom. The van der Waals surface area contributed by atoms with Crippen molar-refractivity contribution in [1.82, 2.24) is 9.78 Å². The summed E-state index contributed by atoms with van der Waals surface area (Å²) in [6.07, 6.45) is 15.4. The third-order valence-electron chi connectivity index (χ3n) is 11.7. The fraction of sp³-hybridized carbons (Fsp3) is 0.815. The lowest BCUT2D eigenvalue weighted by atomic mass is 9.49. The zero-order valence-electron chi connectivity index (χ0n) is 19.4. The molecule has 5 saturated carbocycles. The van der Waals surface area contributed by atoms with Crippen LogP contribution in [0.15, 0.2) is 12.4 Å². The highest BCUT2D eigenvalue weighted by Crippen LogP contribution is 2.86. The zero-order valence-corrected chi connectivity index (χ0v) is 19.4. The van der Waals surface area contributed by atoms with Gasteiger partial charge in [-0.3, -0.25) is 9.48 Å². The summed E-state index contributed by atoms with van der Waals surface area (Å²) in [4.78, 5) is 13.4. The second-order valence-electron chi connectivity index (χ2n) is 12.4. The Hall–Kier alpha value is -1.63. The second-order valence-corrected chi connectivity index (χ2v) is 12.4. The molecule has 0 bridgehead atoms. The van der Waals surface area contributed by atoms with E-state index in [9.17, 15) is 4.79 Å². The highest BCUT2D eigenvalue weighted by molar-refractivity contribution is 5.82. The SMILES string of the molecule is C[C@H]1CC[C@]23C4CC[C@@]5(C)C(CC[C@@H]5C(=O)Cn5cc(C#N)cn5)[C@@H]4CC[C@@]2(C1)[C@H]3C. The second kappa shape index (κ2) is 6.46. The van der Waals surface area contributed by atoms with Crippen molar-refractivity contribution in [3.05, 3.63) is 18.0 Å². The monoisotopic (exact) mass is 419 g/mol. The van der Waals surface area contributed by atoms with Gasteiger partial charge in [0.1, 0.15) is 6.07 Å². The Bertz CT molecular complexity index is 960. The van der Waals surface area contributed by atoms with Gasteiger partial charge in [0, 0.05) is 12.1 Å². The first-order chi connectivity index (χ1) is 14.9. The molecule has 0 N–H and O–H groups in total. The predicted octanol–water partition coefficient (Wildman–Crippen LogP) is 5.62. The van der Waals surface area contributed by atoms with Gasteiger partial charge in [0.25, 0.3) is 0 Å². The third kappa shape index (κ3) is 2.42. The van der Waals surface area contributed by atoms with Crippen LogP contribution in [0.25, 0.3) is 0 Å². The van der Waals surface area contributed by atoms with E-state index in [1.165, 1.54) is 51.4 Å². The Morgan fingerprint density at radius 2 is 2.00 bits per heavy atom. The number of carbonyl (C=O) groups excluding carboxylic acids is 1. The van der Waals surface area contributed by atoms with Crippen LogP contribution in [0.2, 0.25) is 0 Å². The fourth-order valence-corrected chi connectivity index (χ4v) is 10.5. The van der Waals surface area contributed by atoms with Crippen molar-refractivity contribution in [3.8, 4) is 6.07 Å². The molecule has 0 spiro atoms. The molecule has 9 atom stereocenters. The van der Waals surface area contributed by atoms with Gasteiger partial charge in [-0.05, 0) is 97.2 Å². The highest BCUT2D eigenvalue weighted by Gasteiger charge is 2.80. The maximum atomic E-state index is 13.4. The molecular formula is C27H37N3O. The van der Waals surface area contributed by atoms with Crippen LogP contribution in [0.4, 0.5) is 0 Å². The van der Waals surface area contributed by atoms with E-state index < -0.39 is 0 Å². The van der Waals surface area contributed by atoms with E-state index in [1.54, 1.807) is 17.1 Å². The Balaban J connectivity index is 1.23. The van der Waals surface area contributed by atoms with Crippen molar-refractivity contribution < 1.29 is 4.79 Å². The van der Waals surface area contributed by atoms with E-state index in [4.69, 9.17) is 5.26 Å². The van der Waals surface area contributed by atoms with E-state index >= 15 is 0 Å². The van der Waals surface area contributed by atoms with Crippen molar-refractivity contribution in [2.45, 2.75) is 85.1 Å². The van der Waals surface area contributed by atoms with Crippen LogP contribution >= 0.6 is 0 Å². The summed E-state index contributed by atoms with van der Waals surface area (Å²) in [6, 6.07) is 2.12. The van der Waals surface area contributed by atoms with Gasteiger partial charge >= 0.3 is 0 Å². The molecule has 0 radical (unpaired) electrons. The average Bonchev–Trinajstić information content (AvgIpc) is 3.08. The topological polar surface area (TPSA) is 58.7 Å². The highest BCUT2D eigenvalue weighted by atomic mass is 16.1. The van der Waals surface area contributed by atoms with Crippen LogP contribution in [0.1, 0.15) is 84.1 Å². The van der Waals surface area contributed by atoms with Crippen LogP contribution in [-0.2, 0) is 11.3 Å². The number of fused-ring (bicyclic) bond motifs is 3. The van der Waals surface area contributed by atoms with Crippen molar-refractivity contribution in [3.63, 3.8) is 0 Å². The van der Waals surface area contributed by atoms with E-state index in [0.29, 0.717) is 28.7 Å². The minimum Gasteiger partial charge on any atom is -0.297 e. The summed E-state index contributed by atoms with van der Waals surface area (Å²) in [7, 11) is 0. The van der Waals surface area contributed by atoms with Gasteiger partial charge in [0.05, 0.1) is 18.3 Å². The number of ketones is 1. The summed E-state index contributed by atoms with van der Waals surface area (Å²) >= 11 is 0. The maximum Gasteiger partial charge on any atom is 0.157 e. The predicted molar refractivity (Wildman–Crippen MR) is 119 cm³/mol. The van der Waals surface area contributed by atoms with E-state index in [2.05, 4.69) is 31.9 Å². The first-order valence-corrected chi connectivity index (χ1v) is 12.8. The normalized spacial score (nSPS) is 49.9. The van der Waals surface area contributed by atoms with Gasteiger partial charge in [-0.1, -0.05) is 27.2 Å². The first kappa shape index (κ1) is 20.0. The van der Waals surface area contributed by atoms with Gasteiger partial charge in [-0.15, -0.1) is 0 Å².